The molecule has 0 amide bonds. The van der Waals surface area contributed by atoms with E-state index in [1.807, 2.05) is 18.2 Å². The van der Waals surface area contributed by atoms with Crippen LogP contribution in [0.1, 0.15) is 24.5 Å². The van der Waals surface area contributed by atoms with Crippen molar-refractivity contribution in [3.05, 3.63) is 53.6 Å². The van der Waals surface area contributed by atoms with E-state index in [9.17, 15) is 9.90 Å². The van der Waals surface area contributed by atoms with Crippen LogP contribution in [0, 0.1) is 0 Å². The lowest BCUT2D eigenvalue weighted by atomic mass is 10.1. The van der Waals surface area contributed by atoms with Gasteiger partial charge >= 0.3 is 5.97 Å². The van der Waals surface area contributed by atoms with Gasteiger partial charge in [-0.05, 0) is 35.7 Å². The third-order valence-electron chi connectivity index (χ3n) is 3.31. The Hall–Kier alpha value is -2.49. The van der Waals surface area contributed by atoms with Gasteiger partial charge in [0.25, 0.3) is 0 Å². The molecule has 2 aromatic carbocycles. The van der Waals surface area contributed by atoms with E-state index in [0.29, 0.717) is 11.5 Å². The van der Waals surface area contributed by atoms with Gasteiger partial charge in [-0.15, -0.1) is 0 Å². The number of rotatable bonds is 6. The number of phenols is 1. The van der Waals surface area contributed by atoms with Crippen molar-refractivity contribution in [2.24, 2.45) is 0 Å². The second-order valence-electron chi connectivity index (χ2n) is 5.01. The molecule has 116 valence electrons. The van der Waals surface area contributed by atoms with E-state index in [-0.39, 0.29) is 18.1 Å². The fourth-order valence-corrected chi connectivity index (χ4v) is 2.24. The highest BCUT2D eigenvalue weighted by atomic mass is 16.5. The third-order valence-corrected chi connectivity index (χ3v) is 3.31. The van der Waals surface area contributed by atoms with E-state index in [0.717, 1.165) is 24.0 Å². The van der Waals surface area contributed by atoms with Gasteiger partial charge in [0.05, 0.1) is 13.5 Å². The van der Waals surface area contributed by atoms with Gasteiger partial charge in [-0.2, -0.15) is 0 Å². The van der Waals surface area contributed by atoms with Crippen LogP contribution in [0.3, 0.4) is 0 Å². The molecular formula is C18H20O4. The smallest absolute Gasteiger partial charge is 0.315 e. The van der Waals surface area contributed by atoms with Crippen molar-refractivity contribution in [3.63, 3.8) is 0 Å². The summed E-state index contributed by atoms with van der Waals surface area (Å²) in [5, 5.41) is 9.56. The van der Waals surface area contributed by atoms with Gasteiger partial charge in [-0.1, -0.05) is 37.6 Å². The van der Waals surface area contributed by atoms with E-state index in [1.165, 1.54) is 13.2 Å². The minimum Gasteiger partial charge on any atom is -0.504 e. The summed E-state index contributed by atoms with van der Waals surface area (Å²) in [5.41, 5.74) is 1.76. The van der Waals surface area contributed by atoms with Gasteiger partial charge in [0.1, 0.15) is 5.75 Å². The van der Waals surface area contributed by atoms with Crippen molar-refractivity contribution in [2.45, 2.75) is 26.2 Å². The number of hydrogen-bond acceptors (Lipinski definition) is 4. The van der Waals surface area contributed by atoms with Crippen LogP contribution in [0.4, 0.5) is 0 Å². The van der Waals surface area contributed by atoms with Crippen LogP contribution in [0.15, 0.2) is 42.5 Å². The molecule has 1 N–H and O–H groups in total. The Morgan fingerprint density at radius 3 is 2.64 bits per heavy atom. The Bertz CT molecular complexity index is 649. The number of phenolic OH excluding ortho intramolecular Hbond substituents is 1. The highest BCUT2D eigenvalue weighted by Crippen LogP contribution is 2.27. The topological polar surface area (TPSA) is 55.8 Å². The molecule has 22 heavy (non-hydrogen) atoms. The zero-order valence-electron chi connectivity index (χ0n) is 12.8. The first-order valence-electron chi connectivity index (χ1n) is 7.28. The van der Waals surface area contributed by atoms with Gasteiger partial charge in [-0.3, -0.25) is 4.79 Å². The summed E-state index contributed by atoms with van der Waals surface area (Å²) in [6.45, 7) is 2.08. The van der Waals surface area contributed by atoms with Crippen LogP contribution in [-0.2, 0) is 17.6 Å². The number of aryl methyl sites for hydroxylation is 1. The molecule has 0 spiro atoms. The van der Waals surface area contributed by atoms with Crippen LogP contribution < -0.4 is 9.47 Å². The number of esters is 1. The van der Waals surface area contributed by atoms with Crippen molar-refractivity contribution in [1.29, 1.82) is 0 Å². The quantitative estimate of drug-likeness (QED) is 0.655. The van der Waals surface area contributed by atoms with Crippen molar-refractivity contribution in [3.8, 4) is 17.2 Å². The lowest BCUT2D eigenvalue weighted by molar-refractivity contribution is -0.133. The molecule has 0 radical (unpaired) electrons. The molecule has 0 fully saturated rings. The predicted molar refractivity (Wildman–Crippen MR) is 84.4 cm³/mol. The molecule has 0 aliphatic heterocycles. The summed E-state index contributed by atoms with van der Waals surface area (Å²) in [5.74, 6) is 0.668. The molecule has 0 aliphatic rings. The number of para-hydroxylation sites is 1. The molecule has 0 aromatic heterocycles. The fraction of sp³-hybridized carbons (Fsp3) is 0.278. The lowest BCUT2D eigenvalue weighted by Crippen LogP contribution is -2.12. The SMILES string of the molecule is CCCc1ccccc1OC(=O)Cc1ccc(O)c(OC)c1. The summed E-state index contributed by atoms with van der Waals surface area (Å²) in [6.07, 6.45) is 1.98. The van der Waals surface area contributed by atoms with Gasteiger partial charge < -0.3 is 14.6 Å². The zero-order chi connectivity index (χ0) is 15.9. The summed E-state index contributed by atoms with van der Waals surface area (Å²) < 4.78 is 10.5. The third kappa shape index (κ3) is 4.01. The maximum absolute atomic E-state index is 12.1. The van der Waals surface area contributed by atoms with Crippen LogP contribution in [0.2, 0.25) is 0 Å². The molecule has 0 aliphatic carbocycles. The Morgan fingerprint density at radius 2 is 1.91 bits per heavy atom. The van der Waals surface area contributed by atoms with Crippen molar-refractivity contribution in [2.75, 3.05) is 7.11 Å². The minimum absolute atomic E-state index is 0.0490. The predicted octanol–water partition coefficient (Wildman–Crippen LogP) is 3.50. The van der Waals surface area contributed by atoms with Crippen LogP contribution >= 0.6 is 0 Å². The largest absolute Gasteiger partial charge is 0.504 e. The van der Waals surface area contributed by atoms with E-state index in [2.05, 4.69) is 6.92 Å². The first-order chi connectivity index (χ1) is 10.6. The van der Waals surface area contributed by atoms with E-state index < -0.39 is 0 Å². The normalized spacial score (nSPS) is 10.3. The maximum atomic E-state index is 12.1. The summed E-state index contributed by atoms with van der Waals surface area (Å²) >= 11 is 0. The zero-order valence-corrected chi connectivity index (χ0v) is 12.8. The number of methoxy groups -OCH3 is 1. The first-order valence-corrected chi connectivity index (χ1v) is 7.28. The number of aromatic hydroxyl groups is 1. The molecule has 4 nitrogen and oxygen atoms in total. The number of benzene rings is 2. The number of carbonyl (C=O) groups is 1. The van der Waals surface area contributed by atoms with Crippen molar-refractivity contribution < 1.29 is 19.4 Å². The van der Waals surface area contributed by atoms with E-state index >= 15 is 0 Å². The van der Waals surface area contributed by atoms with Crippen LogP contribution in [0.25, 0.3) is 0 Å². The Morgan fingerprint density at radius 1 is 1.14 bits per heavy atom. The molecule has 0 unspecified atom stereocenters. The monoisotopic (exact) mass is 300 g/mol. The van der Waals surface area contributed by atoms with Gasteiger partial charge in [0.2, 0.25) is 0 Å². The molecule has 4 heteroatoms. The summed E-state index contributed by atoms with van der Waals surface area (Å²) in [6, 6.07) is 12.4. The number of ether oxygens (including phenoxy) is 2. The molecule has 0 saturated heterocycles. The molecule has 0 bridgehead atoms. The summed E-state index contributed by atoms with van der Waals surface area (Å²) in [4.78, 5) is 12.1. The van der Waals surface area contributed by atoms with Gasteiger partial charge in [0.15, 0.2) is 11.5 Å². The fourth-order valence-electron chi connectivity index (χ4n) is 2.24. The highest BCUT2D eigenvalue weighted by Gasteiger charge is 2.11. The van der Waals surface area contributed by atoms with Crippen LogP contribution in [-0.4, -0.2) is 18.2 Å². The number of hydrogen-bond donors (Lipinski definition) is 1. The van der Waals surface area contributed by atoms with Crippen molar-refractivity contribution in [1.82, 2.24) is 0 Å². The van der Waals surface area contributed by atoms with E-state index in [1.54, 1.807) is 18.2 Å². The first kappa shape index (κ1) is 15.9. The Labute approximate surface area is 130 Å². The van der Waals surface area contributed by atoms with Crippen molar-refractivity contribution >= 4 is 5.97 Å². The average Bonchev–Trinajstić information content (AvgIpc) is 2.51. The molecule has 0 heterocycles. The number of carbonyl (C=O) groups excluding carboxylic acids is 1. The molecule has 0 atom stereocenters. The lowest BCUT2D eigenvalue weighted by Gasteiger charge is -2.10. The molecular weight excluding hydrogens is 280 g/mol. The highest BCUT2D eigenvalue weighted by molar-refractivity contribution is 5.75. The standard InChI is InChI=1S/C18H20O4/c1-3-6-14-7-4-5-8-16(14)22-18(20)12-13-9-10-15(19)17(11-13)21-2/h4-5,7-11,19H,3,6,12H2,1-2H3. The summed E-state index contributed by atoms with van der Waals surface area (Å²) in [7, 11) is 1.47. The average molecular weight is 300 g/mol. The second-order valence-corrected chi connectivity index (χ2v) is 5.01. The minimum atomic E-state index is -0.337. The Kier molecular flexibility index (Phi) is 5.42. The molecule has 2 rings (SSSR count). The van der Waals surface area contributed by atoms with Crippen LogP contribution in [0.5, 0.6) is 17.2 Å². The molecule has 2 aromatic rings. The maximum Gasteiger partial charge on any atom is 0.315 e. The van der Waals surface area contributed by atoms with Gasteiger partial charge in [-0.25, -0.2) is 0 Å². The van der Waals surface area contributed by atoms with Gasteiger partial charge in [0, 0.05) is 0 Å². The van der Waals surface area contributed by atoms with E-state index in [4.69, 9.17) is 9.47 Å². The Balaban J connectivity index is 2.07. The second kappa shape index (κ2) is 7.50. The molecule has 0 saturated carbocycles.